The van der Waals surface area contributed by atoms with E-state index in [1.165, 1.54) is 12.1 Å². The number of rotatable bonds is 4. The van der Waals surface area contributed by atoms with Crippen LogP contribution in [-0.2, 0) is 4.74 Å². The Bertz CT molecular complexity index is 928. The molecular formula is C21H23F3N4O. The number of allylic oxidation sites excluding steroid dienone is 1. The normalized spacial score (nSPS) is 18.3. The van der Waals surface area contributed by atoms with Crippen LogP contribution < -0.4 is 10.6 Å². The molecule has 4 rings (SSSR count). The molecule has 154 valence electrons. The Morgan fingerprint density at radius 3 is 2.31 bits per heavy atom. The number of anilines is 2. The second-order valence-corrected chi connectivity index (χ2v) is 7.47. The minimum Gasteiger partial charge on any atom is -0.494 e. The number of nitrogens with zero attached hydrogens (tertiary/aromatic N) is 3. The third kappa shape index (κ3) is 3.88. The first-order chi connectivity index (χ1) is 13.9. The van der Waals surface area contributed by atoms with E-state index in [1.807, 2.05) is 0 Å². The van der Waals surface area contributed by atoms with Crippen LogP contribution in [0.15, 0.2) is 29.8 Å². The van der Waals surface area contributed by atoms with E-state index in [2.05, 4.69) is 4.98 Å². The van der Waals surface area contributed by atoms with Gasteiger partial charge in [-0.25, -0.2) is 23.1 Å². The van der Waals surface area contributed by atoms with E-state index in [-0.39, 0.29) is 37.6 Å². The molecule has 0 atom stereocenters. The van der Waals surface area contributed by atoms with Crippen LogP contribution >= 0.6 is 0 Å². The molecule has 1 saturated heterocycles. The van der Waals surface area contributed by atoms with Gasteiger partial charge in [-0.1, -0.05) is 0 Å². The quantitative estimate of drug-likeness (QED) is 0.752. The molecule has 0 radical (unpaired) electrons. The molecule has 0 unspecified atom stereocenters. The molecule has 1 aromatic heterocycles. The average Bonchev–Trinajstić information content (AvgIpc) is 2.65. The molecule has 29 heavy (non-hydrogen) atoms. The highest BCUT2D eigenvalue weighted by Crippen LogP contribution is 2.39. The van der Waals surface area contributed by atoms with E-state index in [0.717, 1.165) is 24.8 Å². The predicted molar refractivity (Wildman–Crippen MR) is 106 cm³/mol. The monoisotopic (exact) mass is 404 g/mol. The van der Waals surface area contributed by atoms with Gasteiger partial charge in [0.05, 0.1) is 7.11 Å². The zero-order valence-corrected chi connectivity index (χ0v) is 16.2. The van der Waals surface area contributed by atoms with Crippen LogP contribution in [-0.4, -0.2) is 36.1 Å². The molecule has 2 N–H and O–H groups in total. The summed E-state index contributed by atoms with van der Waals surface area (Å²) in [5, 5.41) is 0. The molecule has 1 aliphatic carbocycles. The Labute approximate surface area is 167 Å². The van der Waals surface area contributed by atoms with Crippen molar-refractivity contribution in [3.05, 3.63) is 41.3 Å². The van der Waals surface area contributed by atoms with Crippen molar-refractivity contribution in [2.24, 2.45) is 0 Å². The third-order valence-electron chi connectivity index (χ3n) is 5.51. The summed E-state index contributed by atoms with van der Waals surface area (Å²) in [6, 6.07) is 5.88. The second kappa shape index (κ2) is 7.57. The van der Waals surface area contributed by atoms with Crippen LogP contribution in [0.25, 0.3) is 17.0 Å². The van der Waals surface area contributed by atoms with Crippen molar-refractivity contribution in [1.82, 2.24) is 9.97 Å². The van der Waals surface area contributed by atoms with Gasteiger partial charge in [0.1, 0.15) is 23.0 Å². The number of nitrogens with two attached hydrogens (primary N) is 1. The molecular weight excluding hydrogens is 381 g/mol. The third-order valence-corrected chi connectivity index (χ3v) is 5.51. The highest BCUT2D eigenvalue weighted by Gasteiger charge is 2.36. The molecule has 2 aliphatic rings. The SMILES string of the molecule is COC(=C1CCC1)c1nc(-c2ccc(F)cc2)c(N2CCC(F)(F)CC2)nc1N. The van der Waals surface area contributed by atoms with Crippen LogP contribution in [0, 0.1) is 5.82 Å². The fraction of sp³-hybridized carbons (Fsp3) is 0.429. The van der Waals surface area contributed by atoms with E-state index in [1.54, 1.807) is 24.1 Å². The summed E-state index contributed by atoms with van der Waals surface area (Å²) < 4.78 is 46.3. The summed E-state index contributed by atoms with van der Waals surface area (Å²) in [6.45, 7) is 0.291. The first-order valence-electron chi connectivity index (χ1n) is 9.70. The predicted octanol–water partition coefficient (Wildman–Crippen LogP) is 4.64. The lowest BCUT2D eigenvalue weighted by Gasteiger charge is -2.33. The first kappa shape index (κ1) is 19.5. The van der Waals surface area contributed by atoms with Gasteiger partial charge in [0, 0.05) is 31.5 Å². The number of aromatic nitrogens is 2. The van der Waals surface area contributed by atoms with Gasteiger partial charge in [0.25, 0.3) is 5.92 Å². The lowest BCUT2D eigenvalue weighted by atomic mass is 9.90. The second-order valence-electron chi connectivity index (χ2n) is 7.47. The number of ether oxygens (including phenoxy) is 1. The van der Waals surface area contributed by atoms with Gasteiger partial charge in [0.15, 0.2) is 11.6 Å². The van der Waals surface area contributed by atoms with Crippen LogP contribution in [0.1, 0.15) is 37.8 Å². The zero-order valence-electron chi connectivity index (χ0n) is 16.2. The van der Waals surface area contributed by atoms with Gasteiger partial charge in [-0.05, 0) is 49.1 Å². The summed E-state index contributed by atoms with van der Waals surface area (Å²) in [5.74, 6) is -1.81. The number of methoxy groups -OCH3 is 1. The van der Waals surface area contributed by atoms with E-state index < -0.39 is 5.92 Å². The number of halogens is 3. The van der Waals surface area contributed by atoms with Crippen LogP contribution in [0.2, 0.25) is 0 Å². The van der Waals surface area contributed by atoms with Gasteiger partial charge in [-0.15, -0.1) is 0 Å². The number of nitrogen functional groups attached to an aromatic ring is 1. The van der Waals surface area contributed by atoms with E-state index >= 15 is 0 Å². The van der Waals surface area contributed by atoms with Crippen molar-refractivity contribution < 1.29 is 17.9 Å². The van der Waals surface area contributed by atoms with E-state index in [4.69, 9.17) is 15.5 Å². The highest BCUT2D eigenvalue weighted by atomic mass is 19.3. The van der Waals surface area contributed by atoms with Crippen LogP contribution in [0.3, 0.4) is 0 Å². The van der Waals surface area contributed by atoms with Crippen molar-refractivity contribution in [1.29, 1.82) is 0 Å². The van der Waals surface area contributed by atoms with Gasteiger partial charge in [-0.2, -0.15) is 0 Å². The minimum absolute atomic E-state index is 0.146. The number of piperidine rings is 1. The summed E-state index contributed by atoms with van der Waals surface area (Å²) >= 11 is 0. The van der Waals surface area contributed by atoms with Gasteiger partial charge < -0.3 is 15.4 Å². The van der Waals surface area contributed by atoms with E-state index in [9.17, 15) is 13.2 Å². The number of alkyl halides is 2. The average molecular weight is 404 g/mol. The molecule has 2 fully saturated rings. The number of benzene rings is 1. The summed E-state index contributed by atoms with van der Waals surface area (Å²) in [5.41, 5.74) is 8.91. The van der Waals surface area contributed by atoms with Gasteiger partial charge >= 0.3 is 0 Å². The molecule has 1 aliphatic heterocycles. The zero-order chi connectivity index (χ0) is 20.6. The number of hydrogen-bond donors (Lipinski definition) is 1. The fourth-order valence-corrected chi connectivity index (χ4v) is 3.66. The maximum absolute atomic E-state index is 13.6. The molecule has 1 saturated carbocycles. The summed E-state index contributed by atoms with van der Waals surface area (Å²) in [6.07, 6.45) is 2.40. The largest absolute Gasteiger partial charge is 0.494 e. The molecule has 5 nitrogen and oxygen atoms in total. The Morgan fingerprint density at radius 2 is 1.76 bits per heavy atom. The molecule has 0 amide bonds. The Kier molecular flexibility index (Phi) is 5.10. The topological polar surface area (TPSA) is 64.3 Å². The Hall–Kier alpha value is -2.77. The van der Waals surface area contributed by atoms with Crippen molar-refractivity contribution in [2.45, 2.75) is 38.0 Å². The van der Waals surface area contributed by atoms with Crippen molar-refractivity contribution in [3.8, 4) is 11.3 Å². The Balaban J connectivity index is 1.82. The maximum Gasteiger partial charge on any atom is 0.251 e. The molecule has 0 spiro atoms. The van der Waals surface area contributed by atoms with E-state index in [0.29, 0.717) is 28.5 Å². The summed E-state index contributed by atoms with van der Waals surface area (Å²) in [7, 11) is 1.57. The van der Waals surface area contributed by atoms with Gasteiger partial charge in [-0.3, -0.25) is 0 Å². The van der Waals surface area contributed by atoms with Crippen molar-refractivity contribution in [3.63, 3.8) is 0 Å². The van der Waals surface area contributed by atoms with Crippen molar-refractivity contribution >= 4 is 17.4 Å². The number of hydrogen-bond acceptors (Lipinski definition) is 5. The van der Waals surface area contributed by atoms with Crippen LogP contribution in [0.4, 0.5) is 24.8 Å². The lowest BCUT2D eigenvalue weighted by Crippen LogP contribution is -2.40. The molecule has 0 bridgehead atoms. The van der Waals surface area contributed by atoms with Gasteiger partial charge in [0.2, 0.25) is 0 Å². The molecule has 8 heteroatoms. The van der Waals surface area contributed by atoms with Crippen LogP contribution in [0.5, 0.6) is 0 Å². The highest BCUT2D eigenvalue weighted by molar-refractivity contribution is 5.78. The smallest absolute Gasteiger partial charge is 0.251 e. The fourth-order valence-electron chi connectivity index (χ4n) is 3.66. The molecule has 1 aromatic carbocycles. The lowest BCUT2D eigenvalue weighted by molar-refractivity contribution is -0.0221. The molecule has 2 heterocycles. The first-order valence-corrected chi connectivity index (χ1v) is 9.70. The maximum atomic E-state index is 13.6. The Morgan fingerprint density at radius 1 is 1.10 bits per heavy atom. The summed E-state index contributed by atoms with van der Waals surface area (Å²) in [4.78, 5) is 11.0. The standard InChI is InChI=1S/C21H23F3N4O/c1-29-18(14-3-2-4-14)17-19(25)27-20(28-11-9-21(23,24)10-12-28)16(26-17)13-5-7-15(22)8-6-13/h5-8H,2-4,9-12H2,1H3,(H2,25,27). The van der Waals surface area contributed by atoms with Crippen molar-refractivity contribution in [2.75, 3.05) is 30.8 Å². The molecule has 2 aromatic rings. The minimum atomic E-state index is -2.68.